The number of primary amides is 1. The van der Waals surface area contributed by atoms with Gasteiger partial charge in [0.25, 0.3) is 11.5 Å². The fraction of sp³-hybridized carbons (Fsp3) is 0.409. The van der Waals surface area contributed by atoms with Gasteiger partial charge >= 0.3 is 0 Å². The molecule has 2 amide bonds. The predicted molar refractivity (Wildman–Crippen MR) is 114 cm³/mol. The Kier molecular flexibility index (Phi) is 5.34. The maximum absolute atomic E-state index is 13.5. The number of piperidine rings is 1. The molecule has 30 heavy (non-hydrogen) atoms. The van der Waals surface area contributed by atoms with Crippen LogP contribution in [0.3, 0.4) is 0 Å². The van der Waals surface area contributed by atoms with E-state index in [9.17, 15) is 14.4 Å². The minimum absolute atomic E-state index is 0.134. The van der Waals surface area contributed by atoms with Gasteiger partial charge in [0.05, 0.1) is 12.2 Å². The zero-order valence-electron chi connectivity index (χ0n) is 17.3. The molecule has 1 aromatic carbocycles. The molecule has 2 N–H and O–H groups in total. The number of nitrogens with zero attached hydrogens (tertiary/aromatic N) is 3. The quantitative estimate of drug-likeness (QED) is 0.689. The molecule has 1 fully saturated rings. The van der Waals surface area contributed by atoms with Crippen molar-refractivity contribution in [3.8, 4) is 0 Å². The van der Waals surface area contributed by atoms with Gasteiger partial charge in [-0.2, -0.15) is 0 Å². The van der Waals surface area contributed by atoms with Crippen molar-refractivity contribution < 1.29 is 14.3 Å². The third-order valence-corrected chi connectivity index (χ3v) is 6.08. The Morgan fingerprint density at radius 1 is 1.20 bits per heavy atom. The molecule has 2 aromatic heterocycles. The third kappa shape index (κ3) is 3.27. The number of hydrogen-bond acceptors (Lipinski definition) is 4. The van der Waals surface area contributed by atoms with Crippen molar-refractivity contribution in [2.24, 2.45) is 18.7 Å². The minimum atomic E-state index is -0.313. The van der Waals surface area contributed by atoms with Crippen LogP contribution in [0.2, 0.25) is 0 Å². The summed E-state index contributed by atoms with van der Waals surface area (Å²) in [5.74, 6) is -0.639. The summed E-state index contributed by atoms with van der Waals surface area (Å²) >= 11 is 0. The molecule has 0 unspecified atom stereocenters. The SMILES string of the molecule is COCCn1cc(C(=O)N2CCC(C(N)=O)CC2)c2c3ccccc3n(C)c2c1=O. The molecule has 0 saturated carbocycles. The molecule has 158 valence electrons. The van der Waals surface area contributed by atoms with Gasteiger partial charge in [0.15, 0.2) is 0 Å². The lowest BCUT2D eigenvalue weighted by atomic mass is 9.95. The number of carbonyl (C=O) groups is 2. The highest BCUT2D eigenvalue weighted by Crippen LogP contribution is 2.30. The second-order valence-corrected chi connectivity index (χ2v) is 7.80. The molecule has 0 spiro atoms. The van der Waals surface area contributed by atoms with Crippen LogP contribution in [0.4, 0.5) is 0 Å². The van der Waals surface area contributed by atoms with Crippen LogP contribution in [0, 0.1) is 5.92 Å². The van der Waals surface area contributed by atoms with Gasteiger partial charge in [-0.25, -0.2) is 0 Å². The Labute approximate surface area is 173 Å². The minimum Gasteiger partial charge on any atom is -0.383 e. The number of carbonyl (C=O) groups excluding carboxylic acids is 2. The molecule has 0 bridgehead atoms. The maximum atomic E-state index is 13.5. The average Bonchev–Trinajstić information content (AvgIpc) is 3.06. The second kappa shape index (κ2) is 7.95. The number of para-hydroxylation sites is 1. The van der Waals surface area contributed by atoms with Gasteiger partial charge in [-0.1, -0.05) is 18.2 Å². The van der Waals surface area contributed by atoms with Gasteiger partial charge in [0, 0.05) is 62.2 Å². The molecule has 1 aliphatic rings. The first-order chi connectivity index (χ1) is 14.4. The van der Waals surface area contributed by atoms with Crippen molar-refractivity contribution in [2.75, 3.05) is 26.8 Å². The summed E-state index contributed by atoms with van der Waals surface area (Å²) in [6.45, 7) is 1.66. The largest absolute Gasteiger partial charge is 0.383 e. The van der Waals surface area contributed by atoms with E-state index in [4.69, 9.17) is 10.5 Å². The molecule has 0 radical (unpaired) electrons. The van der Waals surface area contributed by atoms with E-state index in [1.807, 2.05) is 35.9 Å². The number of benzene rings is 1. The first kappa shape index (κ1) is 20.2. The number of hydrogen-bond donors (Lipinski definition) is 1. The fourth-order valence-corrected chi connectivity index (χ4v) is 4.39. The molecular weight excluding hydrogens is 384 g/mol. The van der Waals surface area contributed by atoms with Gasteiger partial charge in [-0.05, 0) is 18.9 Å². The Balaban J connectivity index is 1.86. The van der Waals surface area contributed by atoms with Crippen molar-refractivity contribution in [1.29, 1.82) is 0 Å². The Morgan fingerprint density at radius 3 is 2.57 bits per heavy atom. The standard InChI is InChI=1S/C22H26N4O4/c1-24-17-6-4-3-5-15(17)18-16(13-26(11-12-30-2)22(29)19(18)24)21(28)25-9-7-14(8-10-25)20(23)27/h3-6,13-14H,7-12H2,1-2H3,(H2,23,27). The fourth-order valence-electron chi connectivity index (χ4n) is 4.39. The van der Waals surface area contributed by atoms with E-state index in [0.29, 0.717) is 55.5 Å². The molecule has 4 rings (SSSR count). The smallest absolute Gasteiger partial charge is 0.275 e. The van der Waals surface area contributed by atoms with E-state index in [2.05, 4.69) is 0 Å². The number of nitrogens with two attached hydrogens (primary N) is 1. The van der Waals surface area contributed by atoms with Crippen molar-refractivity contribution in [3.63, 3.8) is 0 Å². The zero-order valence-corrected chi connectivity index (χ0v) is 17.3. The Morgan fingerprint density at radius 2 is 1.90 bits per heavy atom. The van der Waals surface area contributed by atoms with Crippen molar-refractivity contribution in [1.82, 2.24) is 14.0 Å². The van der Waals surface area contributed by atoms with Crippen LogP contribution in [0.5, 0.6) is 0 Å². The van der Waals surface area contributed by atoms with E-state index in [1.165, 1.54) is 0 Å². The molecule has 3 heterocycles. The summed E-state index contributed by atoms with van der Waals surface area (Å²) in [6, 6.07) is 7.71. The van der Waals surface area contributed by atoms with Crippen LogP contribution >= 0.6 is 0 Å². The molecule has 3 aromatic rings. The first-order valence-electron chi connectivity index (χ1n) is 10.1. The zero-order chi connectivity index (χ0) is 21.4. The predicted octanol–water partition coefficient (Wildman–Crippen LogP) is 1.48. The Hall–Kier alpha value is -3.13. The number of ether oxygens (including phenoxy) is 1. The number of fused-ring (bicyclic) bond motifs is 3. The lowest BCUT2D eigenvalue weighted by Gasteiger charge is -2.31. The number of pyridine rings is 1. The van der Waals surface area contributed by atoms with Crippen LogP contribution < -0.4 is 11.3 Å². The number of methoxy groups -OCH3 is 1. The maximum Gasteiger partial charge on any atom is 0.275 e. The van der Waals surface area contributed by atoms with Gasteiger partial charge in [-0.15, -0.1) is 0 Å². The number of aromatic nitrogens is 2. The monoisotopic (exact) mass is 410 g/mol. The van der Waals surface area contributed by atoms with E-state index < -0.39 is 0 Å². The summed E-state index contributed by atoms with van der Waals surface area (Å²) in [6.07, 6.45) is 2.77. The van der Waals surface area contributed by atoms with E-state index >= 15 is 0 Å². The molecular formula is C22H26N4O4. The highest BCUT2D eigenvalue weighted by molar-refractivity contribution is 6.17. The summed E-state index contributed by atoms with van der Waals surface area (Å²) in [5.41, 5.74) is 7.18. The molecule has 0 aliphatic carbocycles. The topological polar surface area (TPSA) is 99.6 Å². The lowest BCUT2D eigenvalue weighted by Crippen LogP contribution is -2.42. The first-order valence-corrected chi connectivity index (χ1v) is 10.1. The third-order valence-electron chi connectivity index (χ3n) is 6.08. The van der Waals surface area contributed by atoms with Gasteiger partial charge in [0.1, 0.15) is 5.52 Å². The van der Waals surface area contributed by atoms with Crippen molar-refractivity contribution >= 4 is 33.6 Å². The molecule has 8 heteroatoms. The van der Waals surface area contributed by atoms with E-state index in [1.54, 1.807) is 22.8 Å². The summed E-state index contributed by atoms with van der Waals surface area (Å²) in [5, 5.41) is 1.55. The normalized spacial score (nSPS) is 15.2. The van der Waals surface area contributed by atoms with Crippen LogP contribution in [0.15, 0.2) is 35.3 Å². The van der Waals surface area contributed by atoms with Crippen molar-refractivity contribution in [2.45, 2.75) is 19.4 Å². The highest BCUT2D eigenvalue weighted by atomic mass is 16.5. The molecule has 8 nitrogen and oxygen atoms in total. The summed E-state index contributed by atoms with van der Waals surface area (Å²) in [7, 11) is 3.43. The van der Waals surface area contributed by atoms with Gasteiger partial charge < -0.3 is 24.5 Å². The average molecular weight is 410 g/mol. The Bertz CT molecular complexity index is 1190. The van der Waals surface area contributed by atoms with Crippen molar-refractivity contribution in [3.05, 3.63) is 46.4 Å². The molecule has 1 saturated heterocycles. The number of aryl methyl sites for hydroxylation is 1. The van der Waals surface area contributed by atoms with Gasteiger partial charge in [-0.3, -0.25) is 14.4 Å². The van der Waals surface area contributed by atoms with E-state index in [0.717, 1.165) is 10.9 Å². The molecule has 0 atom stereocenters. The van der Waals surface area contributed by atoms with Crippen LogP contribution in [0.25, 0.3) is 21.8 Å². The summed E-state index contributed by atoms with van der Waals surface area (Å²) < 4.78 is 8.55. The second-order valence-electron chi connectivity index (χ2n) is 7.80. The van der Waals surface area contributed by atoms with Gasteiger partial charge in [0.2, 0.25) is 5.91 Å². The number of amides is 2. The van der Waals surface area contributed by atoms with Crippen LogP contribution in [-0.4, -0.2) is 52.7 Å². The van der Waals surface area contributed by atoms with E-state index in [-0.39, 0.29) is 23.3 Å². The summed E-state index contributed by atoms with van der Waals surface area (Å²) in [4.78, 5) is 40.0. The molecule has 1 aliphatic heterocycles. The number of likely N-dealkylation sites (tertiary alicyclic amines) is 1. The number of rotatable bonds is 5. The van der Waals surface area contributed by atoms with Crippen LogP contribution in [0.1, 0.15) is 23.2 Å². The highest BCUT2D eigenvalue weighted by Gasteiger charge is 2.29. The lowest BCUT2D eigenvalue weighted by molar-refractivity contribution is -0.123. The van der Waals surface area contributed by atoms with Crippen LogP contribution in [-0.2, 0) is 23.1 Å².